The Hall–Kier alpha value is -1.60. The smallest absolute Gasteiger partial charge is 0.262 e. The van der Waals surface area contributed by atoms with E-state index in [4.69, 9.17) is 5.73 Å². The SMILES string of the molecule is Cc1ccc(N)c(C)c1S(=O)(=O)Nc1ccc(F)cc1Br. The third-order valence-electron chi connectivity index (χ3n) is 3.09. The third kappa shape index (κ3) is 3.19. The van der Waals surface area contributed by atoms with E-state index in [1.54, 1.807) is 26.0 Å². The second kappa shape index (κ2) is 5.65. The van der Waals surface area contributed by atoms with Crippen molar-refractivity contribution in [1.29, 1.82) is 0 Å². The van der Waals surface area contributed by atoms with E-state index in [-0.39, 0.29) is 10.6 Å². The molecule has 0 saturated carbocycles. The van der Waals surface area contributed by atoms with Crippen molar-refractivity contribution in [2.75, 3.05) is 10.5 Å². The van der Waals surface area contributed by atoms with E-state index >= 15 is 0 Å². The molecule has 0 saturated heterocycles. The van der Waals surface area contributed by atoms with Crippen molar-refractivity contribution >= 4 is 37.3 Å². The third-order valence-corrected chi connectivity index (χ3v) is 5.40. The highest BCUT2D eigenvalue weighted by Gasteiger charge is 2.21. The Labute approximate surface area is 131 Å². The monoisotopic (exact) mass is 372 g/mol. The molecule has 0 aliphatic heterocycles. The number of rotatable bonds is 3. The second-order valence-corrected chi connectivity index (χ2v) is 7.13. The zero-order valence-electron chi connectivity index (χ0n) is 11.4. The van der Waals surface area contributed by atoms with E-state index in [1.807, 2.05) is 0 Å². The molecule has 7 heteroatoms. The lowest BCUT2D eigenvalue weighted by atomic mass is 10.1. The van der Waals surface area contributed by atoms with Crippen LogP contribution >= 0.6 is 15.9 Å². The number of nitrogens with two attached hydrogens (primary N) is 1. The van der Waals surface area contributed by atoms with Crippen molar-refractivity contribution in [3.63, 3.8) is 0 Å². The van der Waals surface area contributed by atoms with E-state index in [0.29, 0.717) is 21.3 Å². The first-order chi connectivity index (χ1) is 9.72. The van der Waals surface area contributed by atoms with Crippen LogP contribution in [-0.4, -0.2) is 8.42 Å². The quantitative estimate of drug-likeness (QED) is 0.808. The standard InChI is InChI=1S/C14H14BrFN2O2S/c1-8-3-5-12(17)9(2)14(8)21(19,20)18-13-6-4-10(16)7-11(13)15/h3-7,18H,17H2,1-2H3. The zero-order valence-corrected chi connectivity index (χ0v) is 13.8. The van der Waals surface area contributed by atoms with Gasteiger partial charge in [-0.15, -0.1) is 0 Å². The van der Waals surface area contributed by atoms with Gasteiger partial charge in [-0.05, 0) is 65.2 Å². The molecule has 0 unspecified atom stereocenters. The molecule has 0 aliphatic rings. The van der Waals surface area contributed by atoms with E-state index < -0.39 is 15.8 Å². The number of halogens is 2. The summed E-state index contributed by atoms with van der Waals surface area (Å²) in [5.41, 5.74) is 7.52. The summed E-state index contributed by atoms with van der Waals surface area (Å²) in [4.78, 5) is 0.138. The maximum atomic E-state index is 13.1. The Balaban J connectivity index is 2.51. The van der Waals surface area contributed by atoms with Crippen LogP contribution in [0.5, 0.6) is 0 Å². The Morgan fingerprint density at radius 1 is 1.19 bits per heavy atom. The predicted octanol–water partition coefficient (Wildman–Crippen LogP) is 3.59. The molecule has 21 heavy (non-hydrogen) atoms. The molecule has 0 bridgehead atoms. The molecule has 0 radical (unpaired) electrons. The normalized spacial score (nSPS) is 11.4. The molecule has 3 N–H and O–H groups in total. The summed E-state index contributed by atoms with van der Waals surface area (Å²) in [5, 5.41) is 0. The van der Waals surface area contributed by atoms with Crippen molar-refractivity contribution in [1.82, 2.24) is 0 Å². The Morgan fingerprint density at radius 2 is 1.86 bits per heavy atom. The minimum atomic E-state index is -3.81. The highest BCUT2D eigenvalue weighted by atomic mass is 79.9. The Bertz CT molecular complexity index is 807. The molecule has 0 amide bonds. The number of sulfonamides is 1. The lowest BCUT2D eigenvalue weighted by Crippen LogP contribution is -2.16. The van der Waals surface area contributed by atoms with Crippen LogP contribution in [-0.2, 0) is 10.0 Å². The first-order valence-corrected chi connectivity index (χ1v) is 8.33. The first-order valence-electron chi connectivity index (χ1n) is 6.06. The van der Waals surface area contributed by atoms with Gasteiger partial charge in [-0.1, -0.05) is 6.07 Å². The first kappa shape index (κ1) is 15.8. The summed E-state index contributed by atoms with van der Waals surface area (Å²) in [5.74, 6) is -0.457. The van der Waals surface area contributed by atoms with Gasteiger partial charge in [-0.3, -0.25) is 4.72 Å². The molecule has 0 spiro atoms. The topological polar surface area (TPSA) is 72.2 Å². The van der Waals surface area contributed by atoms with Crippen LogP contribution in [0.2, 0.25) is 0 Å². The number of hydrogen-bond acceptors (Lipinski definition) is 3. The largest absolute Gasteiger partial charge is 0.398 e. The van der Waals surface area contributed by atoms with Crippen LogP contribution in [0.4, 0.5) is 15.8 Å². The number of hydrogen-bond donors (Lipinski definition) is 2. The predicted molar refractivity (Wildman–Crippen MR) is 85.2 cm³/mol. The van der Waals surface area contributed by atoms with Gasteiger partial charge in [0.15, 0.2) is 0 Å². The molecular formula is C14H14BrFN2O2S. The van der Waals surface area contributed by atoms with Crippen LogP contribution in [0.25, 0.3) is 0 Å². The minimum absolute atomic E-state index is 0.138. The summed E-state index contributed by atoms with van der Waals surface area (Å²) in [6, 6.07) is 7.04. The minimum Gasteiger partial charge on any atom is -0.398 e. The van der Waals surface area contributed by atoms with E-state index in [0.717, 1.165) is 0 Å². The Morgan fingerprint density at radius 3 is 2.48 bits per heavy atom. The van der Waals surface area contributed by atoms with Crippen molar-refractivity contribution in [2.45, 2.75) is 18.7 Å². The fraction of sp³-hybridized carbons (Fsp3) is 0.143. The van der Waals surface area contributed by atoms with Gasteiger partial charge >= 0.3 is 0 Å². The average Bonchev–Trinajstić information content (AvgIpc) is 2.37. The molecule has 2 aromatic carbocycles. The maximum Gasteiger partial charge on any atom is 0.262 e. The number of aryl methyl sites for hydroxylation is 1. The molecule has 0 fully saturated rings. The maximum absolute atomic E-state index is 13.1. The molecule has 0 atom stereocenters. The van der Waals surface area contributed by atoms with Crippen molar-refractivity contribution in [3.05, 3.63) is 51.7 Å². The molecule has 2 rings (SSSR count). The lowest BCUT2D eigenvalue weighted by molar-refractivity contribution is 0.599. The fourth-order valence-electron chi connectivity index (χ4n) is 2.02. The molecule has 112 valence electrons. The second-order valence-electron chi connectivity index (χ2n) is 4.66. The fourth-order valence-corrected chi connectivity index (χ4v) is 4.19. The highest BCUT2D eigenvalue weighted by molar-refractivity contribution is 9.10. The van der Waals surface area contributed by atoms with Gasteiger partial charge in [-0.25, -0.2) is 12.8 Å². The molecule has 0 heterocycles. The zero-order chi connectivity index (χ0) is 15.8. The van der Waals surface area contributed by atoms with Gasteiger partial charge in [0, 0.05) is 10.2 Å². The number of nitrogen functional groups attached to an aromatic ring is 1. The summed E-state index contributed by atoms with van der Waals surface area (Å²) in [6.07, 6.45) is 0. The molecule has 0 aliphatic carbocycles. The van der Waals surface area contributed by atoms with Crippen LogP contribution in [0.3, 0.4) is 0 Å². The van der Waals surface area contributed by atoms with Crippen LogP contribution in [0, 0.1) is 19.7 Å². The van der Waals surface area contributed by atoms with E-state index in [2.05, 4.69) is 20.7 Å². The van der Waals surface area contributed by atoms with E-state index in [9.17, 15) is 12.8 Å². The summed E-state index contributed by atoms with van der Waals surface area (Å²) in [7, 11) is -3.81. The van der Waals surface area contributed by atoms with Gasteiger partial charge < -0.3 is 5.73 Å². The Kier molecular flexibility index (Phi) is 4.25. The van der Waals surface area contributed by atoms with Crippen molar-refractivity contribution < 1.29 is 12.8 Å². The molecular weight excluding hydrogens is 359 g/mol. The number of benzene rings is 2. The van der Waals surface area contributed by atoms with Gasteiger partial charge in [0.2, 0.25) is 0 Å². The number of nitrogens with one attached hydrogen (secondary N) is 1. The van der Waals surface area contributed by atoms with Crippen LogP contribution in [0.1, 0.15) is 11.1 Å². The summed E-state index contributed by atoms with van der Waals surface area (Å²) in [6.45, 7) is 3.34. The lowest BCUT2D eigenvalue weighted by Gasteiger charge is -2.15. The summed E-state index contributed by atoms with van der Waals surface area (Å²) < 4.78 is 40.9. The molecule has 0 aromatic heterocycles. The highest BCUT2D eigenvalue weighted by Crippen LogP contribution is 2.29. The van der Waals surface area contributed by atoms with Gasteiger partial charge in [-0.2, -0.15) is 0 Å². The van der Waals surface area contributed by atoms with Gasteiger partial charge in [0.05, 0.1) is 10.6 Å². The van der Waals surface area contributed by atoms with Gasteiger partial charge in [0.1, 0.15) is 5.82 Å². The molecule has 2 aromatic rings. The molecule has 4 nitrogen and oxygen atoms in total. The van der Waals surface area contributed by atoms with E-state index in [1.165, 1.54) is 18.2 Å². The van der Waals surface area contributed by atoms with Gasteiger partial charge in [0.25, 0.3) is 10.0 Å². The number of anilines is 2. The summed E-state index contributed by atoms with van der Waals surface area (Å²) >= 11 is 3.13. The van der Waals surface area contributed by atoms with Crippen molar-refractivity contribution in [2.24, 2.45) is 0 Å². The van der Waals surface area contributed by atoms with Crippen LogP contribution < -0.4 is 10.5 Å². The van der Waals surface area contributed by atoms with Crippen LogP contribution in [0.15, 0.2) is 39.7 Å². The average molecular weight is 373 g/mol. The van der Waals surface area contributed by atoms with Crippen molar-refractivity contribution in [3.8, 4) is 0 Å².